The number of carbonyl (C=O) groups excluding carboxylic acids is 1. The molecular formula is C22H27NO2. The van der Waals surface area contributed by atoms with Crippen molar-refractivity contribution in [2.75, 3.05) is 13.2 Å². The van der Waals surface area contributed by atoms with E-state index in [0.29, 0.717) is 13.2 Å². The molecule has 0 radical (unpaired) electrons. The summed E-state index contributed by atoms with van der Waals surface area (Å²) in [6, 6.07) is 16.8. The van der Waals surface area contributed by atoms with Gasteiger partial charge in [-0.1, -0.05) is 49.2 Å². The lowest BCUT2D eigenvalue weighted by Gasteiger charge is -2.23. The highest BCUT2D eigenvalue weighted by Crippen LogP contribution is 2.27. The van der Waals surface area contributed by atoms with Gasteiger partial charge in [-0.3, -0.25) is 0 Å². The van der Waals surface area contributed by atoms with E-state index in [-0.39, 0.29) is 5.54 Å². The lowest BCUT2D eigenvalue weighted by Crippen LogP contribution is -2.45. The Kier molecular flexibility index (Phi) is 5.87. The van der Waals surface area contributed by atoms with Crippen LogP contribution in [0.3, 0.4) is 0 Å². The molecule has 25 heavy (non-hydrogen) atoms. The first-order valence-electron chi connectivity index (χ1n) is 9.18. The molecule has 2 aromatic carbocycles. The van der Waals surface area contributed by atoms with Crippen molar-refractivity contribution in [1.29, 1.82) is 0 Å². The zero-order valence-corrected chi connectivity index (χ0v) is 15.0. The van der Waals surface area contributed by atoms with Gasteiger partial charge < -0.3 is 14.8 Å². The number of aldehydes is 1. The van der Waals surface area contributed by atoms with Gasteiger partial charge in [-0.15, -0.1) is 0 Å². The molecule has 3 heteroatoms. The van der Waals surface area contributed by atoms with Gasteiger partial charge in [0.15, 0.2) is 0 Å². The molecule has 1 aliphatic carbocycles. The average Bonchev–Trinajstić information content (AvgIpc) is 3.11. The van der Waals surface area contributed by atoms with Gasteiger partial charge in [-0.05, 0) is 55.0 Å². The zero-order chi connectivity index (χ0) is 17.5. The second-order valence-electron chi connectivity index (χ2n) is 7.00. The third-order valence-corrected chi connectivity index (χ3v) is 5.15. The topological polar surface area (TPSA) is 38.3 Å². The molecule has 0 spiro atoms. The molecule has 0 atom stereocenters. The number of carbonyl (C=O) groups is 1. The van der Waals surface area contributed by atoms with Crippen LogP contribution < -0.4 is 10.1 Å². The Morgan fingerprint density at radius 2 is 1.80 bits per heavy atom. The van der Waals surface area contributed by atoms with E-state index in [4.69, 9.17) is 4.74 Å². The standard InChI is InChI=1S/C22H27NO2/c1-18-6-2-3-7-20(18)16-19-8-10-21(11-9-19)25-15-14-23-22(17-24)12-4-5-13-22/h2-3,6-11,17,23H,4-5,12-16H2,1H3. The number of ether oxygens (including phenoxy) is 1. The summed E-state index contributed by atoms with van der Waals surface area (Å²) in [5.41, 5.74) is 3.66. The normalized spacial score (nSPS) is 15.9. The monoisotopic (exact) mass is 337 g/mol. The highest BCUT2D eigenvalue weighted by molar-refractivity contribution is 5.64. The maximum atomic E-state index is 11.3. The summed E-state index contributed by atoms with van der Waals surface area (Å²) in [6.07, 6.45) is 6.19. The Morgan fingerprint density at radius 3 is 2.48 bits per heavy atom. The average molecular weight is 337 g/mol. The first kappa shape index (κ1) is 17.7. The lowest BCUT2D eigenvalue weighted by atomic mass is 10.0. The van der Waals surface area contributed by atoms with Gasteiger partial charge >= 0.3 is 0 Å². The van der Waals surface area contributed by atoms with E-state index in [1.54, 1.807) is 0 Å². The van der Waals surface area contributed by atoms with Crippen molar-refractivity contribution in [3.8, 4) is 5.75 Å². The summed E-state index contributed by atoms with van der Waals surface area (Å²) in [5, 5.41) is 3.37. The highest BCUT2D eigenvalue weighted by atomic mass is 16.5. The first-order valence-corrected chi connectivity index (χ1v) is 9.18. The van der Waals surface area contributed by atoms with Crippen LogP contribution in [0.5, 0.6) is 5.75 Å². The van der Waals surface area contributed by atoms with Crippen molar-refractivity contribution < 1.29 is 9.53 Å². The summed E-state index contributed by atoms with van der Waals surface area (Å²) in [4.78, 5) is 11.3. The van der Waals surface area contributed by atoms with Crippen LogP contribution in [0.15, 0.2) is 48.5 Å². The number of hydrogen-bond donors (Lipinski definition) is 1. The van der Waals surface area contributed by atoms with Crippen LogP contribution in [-0.4, -0.2) is 25.0 Å². The number of benzene rings is 2. The van der Waals surface area contributed by atoms with E-state index in [0.717, 1.165) is 44.1 Å². The molecule has 3 nitrogen and oxygen atoms in total. The fraction of sp³-hybridized carbons (Fsp3) is 0.409. The van der Waals surface area contributed by atoms with Crippen LogP contribution in [-0.2, 0) is 11.2 Å². The lowest BCUT2D eigenvalue weighted by molar-refractivity contribution is -0.113. The zero-order valence-electron chi connectivity index (χ0n) is 15.0. The van der Waals surface area contributed by atoms with Gasteiger partial charge in [0, 0.05) is 6.54 Å². The Hall–Kier alpha value is -2.13. The van der Waals surface area contributed by atoms with Crippen molar-refractivity contribution in [1.82, 2.24) is 5.32 Å². The van der Waals surface area contributed by atoms with E-state index in [2.05, 4.69) is 48.6 Å². The largest absolute Gasteiger partial charge is 0.492 e. The summed E-state index contributed by atoms with van der Waals surface area (Å²) in [6.45, 7) is 3.42. The van der Waals surface area contributed by atoms with Crippen molar-refractivity contribution in [2.45, 2.75) is 44.6 Å². The predicted octanol–water partition coefficient (Wildman–Crippen LogP) is 4.07. The van der Waals surface area contributed by atoms with Crippen LogP contribution in [0, 0.1) is 6.92 Å². The molecule has 1 aliphatic rings. The van der Waals surface area contributed by atoms with Gasteiger partial charge in [0.25, 0.3) is 0 Å². The molecule has 2 aromatic rings. The maximum absolute atomic E-state index is 11.3. The first-order chi connectivity index (χ1) is 12.2. The van der Waals surface area contributed by atoms with E-state index in [1.807, 2.05) is 12.1 Å². The van der Waals surface area contributed by atoms with E-state index in [1.165, 1.54) is 16.7 Å². The van der Waals surface area contributed by atoms with Crippen molar-refractivity contribution in [2.24, 2.45) is 0 Å². The fourth-order valence-electron chi connectivity index (χ4n) is 3.54. The molecule has 3 rings (SSSR count). The second kappa shape index (κ2) is 8.30. The second-order valence-corrected chi connectivity index (χ2v) is 7.00. The molecule has 0 amide bonds. The van der Waals surface area contributed by atoms with Crippen molar-refractivity contribution in [3.05, 3.63) is 65.2 Å². The number of rotatable bonds is 8. The van der Waals surface area contributed by atoms with Gasteiger partial charge in [0.05, 0.1) is 5.54 Å². The molecule has 1 fully saturated rings. The Bertz CT molecular complexity index is 687. The SMILES string of the molecule is Cc1ccccc1Cc1ccc(OCCNC2(C=O)CCCC2)cc1. The third-order valence-electron chi connectivity index (χ3n) is 5.15. The van der Waals surface area contributed by atoms with Crippen LogP contribution in [0.25, 0.3) is 0 Å². The van der Waals surface area contributed by atoms with Gasteiger partial charge in [0.2, 0.25) is 0 Å². The summed E-state index contributed by atoms with van der Waals surface area (Å²) < 4.78 is 5.81. The van der Waals surface area contributed by atoms with Crippen LogP contribution in [0.1, 0.15) is 42.4 Å². The number of nitrogens with one attached hydrogen (secondary N) is 1. The molecule has 132 valence electrons. The number of aryl methyl sites for hydroxylation is 1. The predicted molar refractivity (Wildman–Crippen MR) is 101 cm³/mol. The molecule has 0 aliphatic heterocycles. The van der Waals surface area contributed by atoms with Crippen LogP contribution in [0.2, 0.25) is 0 Å². The van der Waals surface area contributed by atoms with Gasteiger partial charge in [-0.25, -0.2) is 0 Å². The molecule has 0 bridgehead atoms. The molecule has 0 unspecified atom stereocenters. The maximum Gasteiger partial charge on any atom is 0.140 e. The molecular weight excluding hydrogens is 310 g/mol. The summed E-state index contributed by atoms with van der Waals surface area (Å²) in [5.74, 6) is 0.877. The van der Waals surface area contributed by atoms with E-state index >= 15 is 0 Å². The van der Waals surface area contributed by atoms with Gasteiger partial charge in [-0.2, -0.15) is 0 Å². The van der Waals surface area contributed by atoms with E-state index < -0.39 is 0 Å². The number of hydrogen-bond acceptors (Lipinski definition) is 3. The minimum Gasteiger partial charge on any atom is -0.492 e. The van der Waals surface area contributed by atoms with Gasteiger partial charge in [0.1, 0.15) is 18.6 Å². The third kappa shape index (κ3) is 4.70. The summed E-state index contributed by atoms with van der Waals surface area (Å²) >= 11 is 0. The van der Waals surface area contributed by atoms with Crippen molar-refractivity contribution in [3.63, 3.8) is 0 Å². The molecule has 1 N–H and O–H groups in total. The quantitative estimate of drug-likeness (QED) is 0.583. The highest BCUT2D eigenvalue weighted by Gasteiger charge is 2.32. The summed E-state index contributed by atoms with van der Waals surface area (Å²) in [7, 11) is 0. The Morgan fingerprint density at radius 1 is 1.08 bits per heavy atom. The van der Waals surface area contributed by atoms with Crippen molar-refractivity contribution >= 4 is 6.29 Å². The Balaban J connectivity index is 1.46. The smallest absolute Gasteiger partial charge is 0.140 e. The minimum atomic E-state index is -0.305. The van der Waals surface area contributed by atoms with E-state index in [9.17, 15) is 4.79 Å². The van der Waals surface area contributed by atoms with Crippen LogP contribution >= 0.6 is 0 Å². The Labute approximate surface area is 150 Å². The molecule has 0 aromatic heterocycles. The molecule has 0 heterocycles. The molecule has 0 saturated heterocycles. The minimum absolute atomic E-state index is 0.305. The fourth-order valence-corrected chi connectivity index (χ4v) is 3.54. The van der Waals surface area contributed by atoms with Crippen LogP contribution in [0.4, 0.5) is 0 Å². The molecule has 1 saturated carbocycles.